The third kappa shape index (κ3) is 6.14. The first-order chi connectivity index (χ1) is 17.9. The average molecular weight is 544 g/mol. The van der Waals surface area contributed by atoms with Gasteiger partial charge in [-0.25, -0.2) is 14.8 Å². The number of nitrogens with zero attached hydrogens (tertiary/aromatic N) is 5. The van der Waals surface area contributed by atoms with E-state index in [4.69, 9.17) is 21.1 Å². The van der Waals surface area contributed by atoms with E-state index in [1.807, 2.05) is 41.5 Å². The summed E-state index contributed by atoms with van der Waals surface area (Å²) in [5, 5.41) is 0.465. The van der Waals surface area contributed by atoms with E-state index in [1.54, 1.807) is 34.2 Å². The molecular formula is C28H38ClN5O4. The second-order valence-electron chi connectivity index (χ2n) is 11.5. The number of aromatic nitrogens is 2. The summed E-state index contributed by atoms with van der Waals surface area (Å²) in [6, 6.07) is 5.10. The summed E-state index contributed by atoms with van der Waals surface area (Å²) in [4.78, 5) is 40.2. The van der Waals surface area contributed by atoms with Gasteiger partial charge in [-0.3, -0.25) is 4.79 Å². The Balaban J connectivity index is 1.46. The number of anilines is 1. The number of halogens is 1. The van der Waals surface area contributed by atoms with Crippen molar-refractivity contribution < 1.29 is 19.1 Å². The Morgan fingerprint density at radius 2 is 1.84 bits per heavy atom. The third-order valence-electron chi connectivity index (χ3n) is 7.10. The third-order valence-corrected chi connectivity index (χ3v) is 7.34. The number of carbonyl (C=O) groups is 2. The van der Waals surface area contributed by atoms with Crippen LogP contribution in [0.15, 0.2) is 30.7 Å². The molecule has 2 fully saturated rings. The molecule has 2 aliphatic rings. The Hall–Kier alpha value is -3.07. The number of rotatable bonds is 6. The number of benzene rings is 1. The van der Waals surface area contributed by atoms with E-state index >= 15 is 0 Å². The van der Waals surface area contributed by atoms with Crippen molar-refractivity contribution in [3.05, 3.63) is 41.3 Å². The zero-order valence-corrected chi connectivity index (χ0v) is 23.9. The van der Waals surface area contributed by atoms with E-state index in [0.717, 1.165) is 25.9 Å². The quantitative estimate of drug-likeness (QED) is 0.466. The number of piperidine rings is 1. The Kier molecular flexibility index (Phi) is 8.06. The van der Waals surface area contributed by atoms with Gasteiger partial charge < -0.3 is 24.2 Å². The highest BCUT2D eigenvalue weighted by atomic mass is 35.5. The summed E-state index contributed by atoms with van der Waals surface area (Å²) in [5.74, 6) is 1.44. The van der Waals surface area contributed by atoms with Crippen molar-refractivity contribution in [1.29, 1.82) is 0 Å². The van der Waals surface area contributed by atoms with Crippen LogP contribution in [-0.2, 0) is 4.74 Å². The molecule has 0 atom stereocenters. The first-order valence-electron chi connectivity index (χ1n) is 13.2. The highest BCUT2D eigenvalue weighted by Crippen LogP contribution is 2.45. The zero-order chi connectivity index (χ0) is 27.7. The van der Waals surface area contributed by atoms with Gasteiger partial charge >= 0.3 is 6.09 Å². The first kappa shape index (κ1) is 28.0. The van der Waals surface area contributed by atoms with E-state index in [0.29, 0.717) is 47.5 Å². The molecule has 9 nitrogen and oxygen atoms in total. The van der Waals surface area contributed by atoms with E-state index < -0.39 is 5.60 Å². The van der Waals surface area contributed by atoms with Gasteiger partial charge in [0.15, 0.2) is 11.6 Å². The van der Waals surface area contributed by atoms with Crippen molar-refractivity contribution in [3.63, 3.8) is 0 Å². The monoisotopic (exact) mass is 543 g/mol. The molecule has 0 aliphatic carbocycles. The van der Waals surface area contributed by atoms with E-state index in [2.05, 4.69) is 14.9 Å². The lowest BCUT2D eigenvalue weighted by Gasteiger charge is -2.54. The number of carbonyl (C=O) groups excluding carboxylic acids is 2. The van der Waals surface area contributed by atoms with Crippen molar-refractivity contribution in [3.8, 4) is 11.5 Å². The SMILES string of the molecule is CCN(C(=O)c1cc(Cl)ccc1Oc1cncnc1N1CC2(CCN(C(=O)OC(C)(C)C)CC2)C1)C(C)C. The predicted molar refractivity (Wildman–Crippen MR) is 147 cm³/mol. The Morgan fingerprint density at radius 1 is 1.16 bits per heavy atom. The summed E-state index contributed by atoms with van der Waals surface area (Å²) in [6.45, 7) is 15.1. The highest BCUT2D eigenvalue weighted by Gasteiger charge is 2.47. The molecule has 2 aromatic rings. The Labute approximate surface area is 230 Å². The molecule has 0 saturated carbocycles. The Morgan fingerprint density at radius 3 is 2.45 bits per heavy atom. The Bertz CT molecular complexity index is 1170. The van der Waals surface area contributed by atoms with Crippen molar-refractivity contribution in [1.82, 2.24) is 19.8 Å². The number of amides is 2. The molecule has 0 radical (unpaired) electrons. The van der Waals surface area contributed by atoms with Crippen LogP contribution in [0.4, 0.5) is 10.6 Å². The minimum atomic E-state index is -0.499. The summed E-state index contributed by atoms with van der Waals surface area (Å²) in [6.07, 6.45) is 4.69. The van der Waals surface area contributed by atoms with Crippen molar-refractivity contribution >= 4 is 29.4 Å². The van der Waals surface area contributed by atoms with Gasteiger partial charge in [0.1, 0.15) is 17.7 Å². The molecule has 10 heteroatoms. The molecule has 1 aromatic carbocycles. The number of hydrogen-bond acceptors (Lipinski definition) is 7. The molecule has 3 heterocycles. The maximum absolute atomic E-state index is 13.3. The van der Waals surface area contributed by atoms with Gasteiger partial charge in [-0.05, 0) is 72.6 Å². The molecule has 0 bridgehead atoms. The summed E-state index contributed by atoms with van der Waals surface area (Å²) in [7, 11) is 0. The van der Waals surface area contributed by atoms with E-state index in [1.165, 1.54) is 6.33 Å². The van der Waals surface area contributed by atoms with Crippen molar-refractivity contribution in [2.75, 3.05) is 37.6 Å². The number of ether oxygens (including phenoxy) is 2. The lowest BCUT2D eigenvalue weighted by molar-refractivity contribution is 0.00586. The lowest BCUT2D eigenvalue weighted by atomic mass is 9.72. The maximum atomic E-state index is 13.3. The van der Waals surface area contributed by atoms with Gasteiger partial charge in [-0.15, -0.1) is 0 Å². The standard InChI is InChI=1S/C28H38ClN5O4/c1-7-34(19(2)3)25(35)21-14-20(29)8-9-22(21)37-23-15-30-18-31-24(23)33-16-28(17-33)10-12-32(13-11-28)26(36)38-27(4,5)6/h8-9,14-15,18-19H,7,10-13,16-17H2,1-6H3. The summed E-state index contributed by atoms with van der Waals surface area (Å²) < 4.78 is 11.8. The first-order valence-corrected chi connectivity index (χ1v) is 13.6. The van der Waals surface area contributed by atoms with Crippen LogP contribution in [0.5, 0.6) is 11.5 Å². The molecule has 0 unspecified atom stereocenters. The minimum Gasteiger partial charge on any atom is -0.451 e. The fourth-order valence-corrected chi connectivity index (χ4v) is 5.29. The predicted octanol–water partition coefficient (Wildman–Crippen LogP) is 5.63. The van der Waals surface area contributed by atoms with Crippen LogP contribution in [0.2, 0.25) is 5.02 Å². The van der Waals surface area contributed by atoms with E-state index in [-0.39, 0.29) is 23.5 Å². The largest absolute Gasteiger partial charge is 0.451 e. The maximum Gasteiger partial charge on any atom is 0.410 e. The molecule has 2 amide bonds. The molecular weight excluding hydrogens is 506 g/mol. The second kappa shape index (κ2) is 11.0. The van der Waals surface area contributed by atoms with Gasteiger partial charge in [0, 0.05) is 49.2 Å². The van der Waals surface area contributed by atoms with Crippen LogP contribution in [0.25, 0.3) is 0 Å². The van der Waals surface area contributed by atoms with Crippen LogP contribution in [-0.4, -0.2) is 76.1 Å². The van der Waals surface area contributed by atoms with Gasteiger partial charge in [-0.1, -0.05) is 11.6 Å². The lowest BCUT2D eigenvalue weighted by Crippen LogP contribution is -2.61. The number of likely N-dealkylation sites (tertiary alicyclic amines) is 1. The molecule has 2 saturated heterocycles. The fraction of sp³-hybridized carbons (Fsp3) is 0.571. The molecule has 2 aliphatic heterocycles. The summed E-state index contributed by atoms with van der Waals surface area (Å²) in [5.41, 5.74) is 0.0275. The van der Waals surface area contributed by atoms with Crippen molar-refractivity contribution in [2.24, 2.45) is 5.41 Å². The van der Waals surface area contributed by atoms with Gasteiger partial charge in [0.25, 0.3) is 5.91 Å². The van der Waals surface area contributed by atoms with Crippen LogP contribution in [0.3, 0.4) is 0 Å². The van der Waals surface area contributed by atoms with E-state index in [9.17, 15) is 9.59 Å². The van der Waals surface area contributed by atoms with Crippen LogP contribution in [0.1, 0.15) is 64.7 Å². The van der Waals surface area contributed by atoms with Gasteiger partial charge in [0.05, 0.1) is 11.8 Å². The molecule has 38 heavy (non-hydrogen) atoms. The van der Waals surface area contributed by atoms with Gasteiger partial charge in [-0.2, -0.15) is 0 Å². The van der Waals surface area contributed by atoms with Crippen LogP contribution < -0.4 is 9.64 Å². The minimum absolute atomic E-state index is 0.0361. The molecule has 0 N–H and O–H groups in total. The average Bonchev–Trinajstić information content (AvgIpc) is 2.83. The molecule has 206 valence electrons. The topological polar surface area (TPSA) is 88.1 Å². The second-order valence-corrected chi connectivity index (χ2v) is 11.9. The molecule has 1 aromatic heterocycles. The zero-order valence-electron chi connectivity index (χ0n) is 23.2. The molecule has 4 rings (SSSR count). The number of hydrogen-bond donors (Lipinski definition) is 0. The smallest absolute Gasteiger partial charge is 0.410 e. The van der Waals surface area contributed by atoms with Crippen LogP contribution in [0, 0.1) is 5.41 Å². The molecule has 1 spiro atoms. The van der Waals surface area contributed by atoms with Crippen molar-refractivity contribution in [2.45, 2.75) is 66.0 Å². The normalized spacial score (nSPS) is 16.8. The van der Waals surface area contributed by atoms with Crippen LogP contribution >= 0.6 is 11.6 Å². The highest BCUT2D eigenvalue weighted by molar-refractivity contribution is 6.31. The fourth-order valence-electron chi connectivity index (χ4n) is 5.11. The summed E-state index contributed by atoms with van der Waals surface area (Å²) >= 11 is 6.26. The van der Waals surface area contributed by atoms with Gasteiger partial charge in [0.2, 0.25) is 0 Å².